The van der Waals surface area contributed by atoms with E-state index in [-0.39, 0.29) is 10.1 Å². The number of hydrogen-bond acceptors (Lipinski definition) is 7. The van der Waals surface area contributed by atoms with Gasteiger partial charge in [-0.05, 0) is 27.7 Å². The summed E-state index contributed by atoms with van der Waals surface area (Å²) >= 11 is 0. The molecule has 25 heavy (non-hydrogen) atoms. The largest absolute Gasteiger partial charge is 0.443 e. The number of hydrogen-bond donors (Lipinski definition) is 2. The van der Waals surface area contributed by atoms with E-state index in [2.05, 4.69) is 0 Å². The van der Waals surface area contributed by atoms with Crippen molar-refractivity contribution in [2.45, 2.75) is 57.8 Å². The molecule has 1 aliphatic heterocycles. The van der Waals surface area contributed by atoms with Crippen molar-refractivity contribution in [3.63, 3.8) is 0 Å². The smallest absolute Gasteiger partial charge is 0.425 e. The van der Waals surface area contributed by atoms with Gasteiger partial charge in [-0.2, -0.15) is 4.57 Å². The first-order valence-electron chi connectivity index (χ1n) is 7.63. The Morgan fingerprint density at radius 1 is 1.32 bits per heavy atom. The first-order valence-corrected chi connectivity index (χ1v) is 7.63. The highest BCUT2D eigenvalue weighted by atomic mass is 19.1. The van der Waals surface area contributed by atoms with Crippen molar-refractivity contribution in [1.82, 2.24) is 9.13 Å². The van der Waals surface area contributed by atoms with Crippen LogP contribution in [0, 0.1) is 6.92 Å². The van der Waals surface area contributed by atoms with Crippen molar-refractivity contribution in [2.24, 2.45) is 0 Å². The molecule has 2 rings (SSSR count). The maximum absolute atomic E-state index is 12.8. The fraction of sp³-hybridized carbons (Fsp3) is 0.667. The Morgan fingerprint density at radius 3 is 2.40 bits per heavy atom. The third-order valence-corrected chi connectivity index (χ3v) is 3.62. The van der Waals surface area contributed by atoms with E-state index in [0.29, 0.717) is 0 Å². The van der Waals surface area contributed by atoms with Crippen molar-refractivity contribution in [2.75, 3.05) is 6.67 Å². The molecule has 1 aromatic rings. The van der Waals surface area contributed by atoms with Gasteiger partial charge in [-0.15, -0.1) is 0 Å². The Labute approximate surface area is 142 Å². The highest BCUT2D eigenvalue weighted by Crippen LogP contribution is 2.28. The standard InChI is InChI=1S/C15H21FN2O7/c1-7-6-17(12-10(20)9(19)8(5-16)24-12)13(22)18(11(7)21)14(23)25-15(2,3)4/h6,8-10,12,19-20H,5H2,1-4H3/t8-,9-,10-,12-/m1/s1. The Hall–Kier alpha value is -2.04. The van der Waals surface area contributed by atoms with Gasteiger partial charge in [0.25, 0.3) is 5.56 Å². The summed E-state index contributed by atoms with van der Waals surface area (Å²) in [6, 6.07) is 0. The van der Waals surface area contributed by atoms with Crippen LogP contribution in [0.1, 0.15) is 32.6 Å². The fourth-order valence-corrected chi connectivity index (χ4v) is 2.44. The van der Waals surface area contributed by atoms with E-state index in [9.17, 15) is 29.0 Å². The summed E-state index contributed by atoms with van der Waals surface area (Å²) < 4.78 is 24.1. The van der Waals surface area contributed by atoms with Crippen LogP contribution in [0.3, 0.4) is 0 Å². The molecule has 0 saturated carbocycles. The zero-order chi connectivity index (χ0) is 19.1. The van der Waals surface area contributed by atoms with Gasteiger partial charge < -0.3 is 19.7 Å². The Morgan fingerprint density at radius 2 is 1.92 bits per heavy atom. The zero-order valence-electron chi connectivity index (χ0n) is 14.3. The van der Waals surface area contributed by atoms with Crippen LogP contribution in [0.25, 0.3) is 0 Å². The van der Waals surface area contributed by atoms with Crippen LogP contribution in [0.4, 0.5) is 9.18 Å². The maximum atomic E-state index is 12.8. The minimum absolute atomic E-state index is 0.000512. The van der Waals surface area contributed by atoms with E-state index in [1.807, 2.05) is 0 Å². The normalized spacial score (nSPS) is 26.7. The summed E-state index contributed by atoms with van der Waals surface area (Å²) in [6.07, 6.45) is -6.04. The fourth-order valence-electron chi connectivity index (χ4n) is 2.44. The summed E-state index contributed by atoms with van der Waals surface area (Å²) in [5.74, 6) is 0. The van der Waals surface area contributed by atoms with Crippen molar-refractivity contribution in [3.8, 4) is 0 Å². The summed E-state index contributed by atoms with van der Waals surface area (Å²) in [6.45, 7) is 4.97. The minimum Gasteiger partial charge on any atom is -0.443 e. The van der Waals surface area contributed by atoms with Gasteiger partial charge in [-0.25, -0.2) is 14.0 Å². The number of aliphatic hydroxyl groups is 2. The number of carbonyl (C=O) groups is 1. The number of aryl methyl sites for hydroxylation is 1. The summed E-state index contributed by atoms with van der Waals surface area (Å²) in [7, 11) is 0. The molecule has 2 N–H and O–H groups in total. The molecule has 4 atom stereocenters. The number of halogens is 1. The Balaban J connectivity index is 2.54. The summed E-state index contributed by atoms with van der Waals surface area (Å²) in [4.78, 5) is 37.0. The van der Waals surface area contributed by atoms with Gasteiger partial charge >= 0.3 is 11.8 Å². The van der Waals surface area contributed by atoms with Gasteiger partial charge in [0, 0.05) is 11.8 Å². The number of nitrogens with zero attached hydrogens (tertiary/aromatic N) is 2. The predicted molar refractivity (Wildman–Crippen MR) is 83.2 cm³/mol. The molecule has 1 fully saturated rings. The van der Waals surface area contributed by atoms with Crippen molar-refractivity contribution >= 4 is 6.09 Å². The first-order chi connectivity index (χ1) is 11.5. The van der Waals surface area contributed by atoms with E-state index < -0.39 is 54.2 Å². The third-order valence-electron chi connectivity index (χ3n) is 3.62. The monoisotopic (exact) mass is 360 g/mol. The van der Waals surface area contributed by atoms with E-state index in [4.69, 9.17) is 9.47 Å². The third kappa shape index (κ3) is 3.65. The molecule has 2 heterocycles. The van der Waals surface area contributed by atoms with Gasteiger partial charge in [0.2, 0.25) is 0 Å². The number of aromatic nitrogens is 2. The predicted octanol–water partition coefficient (Wildman–Crippen LogP) is -0.310. The topological polar surface area (TPSA) is 120 Å². The van der Waals surface area contributed by atoms with Crippen LogP contribution in [0.15, 0.2) is 15.8 Å². The molecular formula is C15H21FN2O7. The van der Waals surface area contributed by atoms with Crippen LogP contribution in [-0.4, -0.2) is 56.0 Å². The van der Waals surface area contributed by atoms with E-state index in [1.54, 1.807) is 20.8 Å². The Bertz CT molecular complexity index is 780. The average Bonchev–Trinajstić information content (AvgIpc) is 2.77. The van der Waals surface area contributed by atoms with Crippen LogP contribution in [0.2, 0.25) is 0 Å². The van der Waals surface area contributed by atoms with Gasteiger partial charge in [-0.3, -0.25) is 9.36 Å². The molecule has 1 aliphatic rings. The number of alkyl halides is 1. The lowest BCUT2D eigenvalue weighted by Crippen LogP contribution is -2.48. The van der Waals surface area contributed by atoms with Crippen molar-refractivity contribution in [1.29, 1.82) is 0 Å². The first kappa shape index (κ1) is 19.3. The minimum atomic E-state index is -1.61. The van der Waals surface area contributed by atoms with E-state index in [0.717, 1.165) is 10.8 Å². The quantitative estimate of drug-likeness (QED) is 0.742. The second-order valence-corrected chi connectivity index (χ2v) is 6.82. The lowest BCUT2D eigenvalue weighted by molar-refractivity contribution is -0.0463. The SMILES string of the molecule is Cc1cn([C@@H]2O[C@H](CF)[C@@H](O)[C@H]2O)c(=O)n(C(=O)OC(C)(C)C)c1=O. The van der Waals surface area contributed by atoms with Crippen LogP contribution in [0.5, 0.6) is 0 Å². The van der Waals surface area contributed by atoms with Gasteiger partial charge in [0.1, 0.15) is 30.6 Å². The molecule has 1 aromatic heterocycles. The molecule has 0 radical (unpaired) electrons. The van der Waals surface area contributed by atoms with Crippen LogP contribution in [-0.2, 0) is 9.47 Å². The number of aliphatic hydroxyl groups excluding tert-OH is 2. The zero-order valence-corrected chi connectivity index (χ0v) is 14.3. The van der Waals surface area contributed by atoms with Gasteiger partial charge in [0.05, 0.1) is 0 Å². The lowest BCUT2D eigenvalue weighted by Gasteiger charge is -2.22. The summed E-state index contributed by atoms with van der Waals surface area (Å²) in [5.41, 5.74) is -2.96. The number of carbonyl (C=O) groups excluding carboxylic acids is 1. The van der Waals surface area contributed by atoms with Crippen LogP contribution >= 0.6 is 0 Å². The average molecular weight is 360 g/mol. The van der Waals surface area contributed by atoms with Gasteiger partial charge in [-0.1, -0.05) is 0 Å². The molecule has 0 aromatic carbocycles. The highest BCUT2D eigenvalue weighted by molar-refractivity contribution is 5.70. The van der Waals surface area contributed by atoms with Gasteiger partial charge in [0.15, 0.2) is 6.23 Å². The molecule has 0 bridgehead atoms. The molecule has 0 aliphatic carbocycles. The molecule has 10 heteroatoms. The number of rotatable bonds is 2. The van der Waals surface area contributed by atoms with Crippen molar-refractivity contribution < 1.29 is 28.9 Å². The van der Waals surface area contributed by atoms with Crippen LogP contribution < -0.4 is 11.2 Å². The maximum Gasteiger partial charge on any atom is 0.425 e. The van der Waals surface area contributed by atoms with E-state index in [1.165, 1.54) is 6.92 Å². The molecule has 0 unspecified atom stereocenters. The second kappa shape index (κ2) is 6.70. The molecule has 9 nitrogen and oxygen atoms in total. The Kier molecular flexibility index (Phi) is 5.17. The molecule has 0 amide bonds. The van der Waals surface area contributed by atoms with Crippen molar-refractivity contribution in [3.05, 3.63) is 32.6 Å². The number of ether oxygens (including phenoxy) is 2. The molecule has 0 spiro atoms. The second-order valence-electron chi connectivity index (χ2n) is 6.82. The molecule has 1 saturated heterocycles. The molecule has 140 valence electrons. The lowest BCUT2D eigenvalue weighted by atomic mass is 10.1. The highest BCUT2D eigenvalue weighted by Gasteiger charge is 2.44. The summed E-state index contributed by atoms with van der Waals surface area (Å²) in [5, 5.41) is 19.8. The molecular weight excluding hydrogens is 339 g/mol. The van der Waals surface area contributed by atoms with E-state index >= 15 is 0 Å².